The molecule has 1 aliphatic rings. The van der Waals surface area contributed by atoms with Crippen LogP contribution in [0, 0.1) is 0 Å². The molecule has 2 aromatic rings. The SMILES string of the molecule is COc1ccc(OS(=O)(=O)c2ccc(S(=O)(=O)N3CCCCC3)cc2)cc1. The molecule has 1 aliphatic heterocycles. The third kappa shape index (κ3) is 4.42. The Hall–Kier alpha value is -2.10. The predicted octanol–water partition coefficient (Wildman–Crippen LogP) is 2.64. The van der Waals surface area contributed by atoms with Gasteiger partial charge < -0.3 is 8.92 Å². The molecule has 7 nitrogen and oxygen atoms in total. The Morgan fingerprint density at radius 3 is 1.81 bits per heavy atom. The van der Waals surface area contributed by atoms with Gasteiger partial charge in [0.1, 0.15) is 16.4 Å². The van der Waals surface area contributed by atoms with Crippen LogP contribution in [0.5, 0.6) is 11.5 Å². The number of ether oxygens (including phenoxy) is 1. The van der Waals surface area contributed by atoms with E-state index in [0.29, 0.717) is 18.8 Å². The summed E-state index contributed by atoms with van der Waals surface area (Å²) in [6, 6.07) is 11.2. The van der Waals surface area contributed by atoms with E-state index in [0.717, 1.165) is 19.3 Å². The Balaban J connectivity index is 1.78. The number of hydrogen-bond acceptors (Lipinski definition) is 6. The summed E-state index contributed by atoms with van der Waals surface area (Å²) in [7, 11) is -6.17. The van der Waals surface area contributed by atoms with E-state index in [1.807, 2.05) is 0 Å². The highest BCUT2D eigenvalue weighted by Gasteiger charge is 2.26. The zero-order chi connectivity index (χ0) is 19.5. The molecule has 0 amide bonds. The zero-order valence-corrected chi connectivity index (χ0v) is 16.5. The number of methoxy groups -OCH3 is 1. The molecule has 0 aliphatic carbocycles. The normalized spacial score (nSPS) is 16.0. The van der Waals surface area contributed by atoms with Crippen LogP contribution in [0.4, 0.5) is 0 Å². The summed E-state index contributed by atoms with van der Waals surface area (Å²) in [5.74, 6) is 0.716. The van der Waals surface area contributed by atoms with Gasteiger partial charge in [-0.05, 0) is 61.4 Å². The van der Waals surface area contributed by atoms with Gasteiger partial charge in [0.15, 0.2) is 0 Å². The molecule has 0 aromatic heterocycles. The summed E-state index contributed by atoms with van der Waals surface area (Å²) < 4.78 is 61.6. The highest BCUT2D eigenvalue weighted by Crippen LogP contribution is 2.24. The quantitative estimate of drug-likeness (QED) is 0.679. The fraction of sp³-hybridized carbons (Fsp3) is 0.333. The van der Waals surface area contributed by atoms with Crippen LogP contribution in [-0.2, 0) is 20.1 Å². The second-order valence-corrected chi connectivity index (χ2v) is 9.63. The van der Waals surface area contributed by atoms with E-state index in [2.05, 4.69) is 0 Å². The van der Waals surface area contributed by atoms with Crippen molar-refractivity contribution < 1.29 is 25.8 Å². The van der Waals surface area contributed by atoms with Gasteiger partial charge in [-0.3, -0.25) is 0 Å². The van der Waals surface area contributed by atoms with Gasteiger partial charge in [0.05, 0.1) is 12.0 Å². The molecule has 0 bridgehead atoms. The molecule has 0 radical (unpaired) electrons. The smallest absolute Gasteiger partial charge is 0.339 e. The van der Waals surface area contributed by atoms with Crippen LogP contribution in [-0.4, -0.2) is 41.3 Å². The molecule has 3 rings (SSSR count). The first kappa shape index (κ1) is 19.7. The van der Waals surface area contributed by atoms with Crippen LogP contribution in [0.25, 0.3) is 0 Å². The Morgan fingerprint density at radius 1 is 0.741 bits per heavy atom. The van der Waals surface area contributed by atoms with Gasteiger partial charge in [-0.15, -0.1) is 0 Å². The maximum atomic E-state index is 12.6. The van der Waals surface area contributed by atoms with Gasteiger partial charge in [-0.1, -0.05) is 6.42 Å². The fourth-order valence-electron chi connectivity index (χ4n) is 2.84. The molecule has 9 heteroatoms. The number of piperidine rings is 1. The third-order valence-electron chi connectivity index (χ3n) is 4.33. The largest absolute Gasteiger partial charge is 0.497 e. The third-order valence-corrected chi connectivity index (χ3v) is 7.50. The molecule has 146 valence electrons. The van der Waals surface area contributed by atoms with Gasteiger partial charge in [0.25, 0.3) is 0 Å². The fourth-order valence-corrected chi connectivity index (χ4v) is 5.29. The van der Waals surface area contributed by atoms with Crippen molar-refractivity contribution in [3.63, 3.8) is 0 Å². The summed E-state index contributed by atoms with van der Waals surface area (Å²) >= 11 is 0. The summed E-state index contributed by atoms with van der Waals surface area (Å²) in [5, 5.41) is 0. The van der Waals surface area contributed by atoms with Crippen LogP contribution >= 0.6 is 0 Å². The summed E-state index contributed by atoms with van der Waals surface area (Å²) in [6.45, 7) is 0.978. The molecule has 1 saturated heterocycles. The standard InChI is InChI=1S/C18H21NO6S2/c1-24-15-5-7-16(8-6-15)25-27(22,23)18-11-9-17(10-12-18)26(20,21)19-13-3-2-4-14-19/h5-12H,2-4,13-14H2,1H3. The molecule has 0 saturated carbocycles. The molecule has 0 spiro atoms. The van der Waals surface area contributed by atoms with Crippen molar-refractivity contribution in [2.45, 2.75) is 29.1 Å². The van der Waals surface area contributed by atoms with E-state index >= 15 is 0 Å². The number of hydrogen-bond donors (Lipinski definition) is 0. The minimum Gasteiger partial charge on any atom is -0.497 e. The molecule has 0 atom stereocenters. The monoisotopic (exact) mass is 411 g/mol. The Kier molecular flexibility index (Phi) is 5.73. The molecule has 2 aromatic carbocycles. The molecule has 0 unspecified atom stereocenters. The average molecular weight is 412 g/mol. The highest BCUT2D eigenvalue weighted by molar-refractivity contribution is 7.89. The zero-order valence-electron chi connectivity index (χ0n) is 14.9. The van der Waals surface area contributed by atoms with E-state index in [-0.39, 0.29) is 15.5 Å². The van der Waals surface area contributed by atoms with Gasteiger partial charge in [0, 0.05) is 13.1 Å². The van der Waals surface area contributed by atoms with Crippen molar-refractivity contribution in [2.75, 3.05) is 20.2 Å². The summed E-state index contributed by atoms with van der Waals surface area (Å²) in [5.41, 5.74) is 0. The Morgan fingerprint density at radius 2 is 1.26 bits per heavy atom. The van der Waals surface area contributed by atoms with Crippen LogP contribution in [0.15, 0.2) is 58.3 Å². The first-order chi connectivity index (χ1) is 12.8. The summed E-state index contributed by atoms with van der Waals surface area (Å²) in [6.07, 6.45) is 2.69. The lowest BCUT2D eigenvalue weighted by Crippen LogP contribution is -2.35. The highest BCUT2D eigenvalue weighted by atomic mass is 32.2. The lowest BCUT2D eigenvalue weighted by atomic mass is 10.2. The predicted molar refractivity (Wildman–Crippen MR) is 99.9 cm³/mol. The molecule has 1 fully saturated rings. The second kappa shape index (κ2) is 7.87. The molecule has 0 N–H and O–H groups in total. The van der Waals surface area contributed by atoms with Crippen LogP contribution in [0.3, 0.4) is 0 Å². The van der Waals surface area contributed by atoms with Crippen molar-refractivity contribution >= 4 is 20.1 Å². The Bertz CT molecular complexity index is 977. The number of benzene rings is 2. The number of nitrogens with zero attached hydrogens (tertiary/aromatic N) is 1. The van der Waals surface area contributed by atoms with Crippen molar-refractivity contribution in [3.05, 3.63) is 48.5 Å². The van der Waals surface area contributed by atoms with Crippen molar-refractivity contribution in [2.24, 2.45) is 0 Å². The maximum Gasteiger partial charge on any atom is 0.339 e. The molecule has 27 heavy (non-hydrogen) atoms. The maximum absolute atomic E-state index is 12.6. The minimum atomic E-state index is -4.07. The van der Waals surface area contributed by atoms with E-state index in [1.165, 1.54) is 47.8 Å². The molecule has 1 heterocycles. The number of rotatable bonds is 6. The van der Waals surface area contributed by atoms with E-state index in [4.69, 9.17) is 8.92 Å². The first-order valence-electron chi connectivity index (χ1n) is 8.52. The van der Waals surface area contributed by atoms with Crippen molar-refractivity contribution in [1.29, 1.82) is 0 Å². The first-order valence-corrected chi connectivity index (χ1v) is 11.4. The van der Waals surface area contributed by atoms with Gasteiger partial charge >= 0.3 is 10.1 Å². The molecular formula is C18H21NO6S2. The topological polar surface area (TPSA) is 90.0 Å². The second-order valence-electron chi connectivity index (χ2n) is 6.15. The average Bonchev–Trinajstić information content (AvgIpc) is 2.69. The lowest BCUT2D eigenvalue weighted by Gasteiger charge is -2.25. The van der Waals surface area contributed by atoms with E-state index < -0.39 is 20.1 Å². The summed E-state index contributed by atoms with van der Waals surface area (Å²) in [4.78, 5) is -0.0382. The van der Waals surface area contributed by atoms with Gasteiger partial charge in [0.2, 0.25) is 10.0 Å². The Labute approximate surface area is 159 Å². The van der Waals surface area contributed by atoms with Crippen LogP contribution < -0.4 is 8.92 Å². The number of sulfonamides is 1. The van der Waals surface area contributed by atoms with E-state index in [9.17, 15) is 16.8 Å². The van der Waals surface area contributed by atoms with Crippen LogP contribution in [0.2, 0.25) is 0 Å². The minimum absolute atomic E-state index is 0.0767. The van der Waals surface area contributed by atoms with Gasteiger partial charge in [-0.25, -0.2) is 8.42 Å². The van der Waals surface area contributed by atoms with Crippen molar-refractivity contribution in [1.82, 2.24) is 4.31 Å². The van der Waals surface area contributed by atoms with Crippen LogP contribution in [0.1, 0.15) is 19.3 Å². The molecular weight excluding hydrogens is 390 g/mol. The lowest BCUT2D eigenvalue weighted by molar-refractivity contribution is 0.346. The van der Waals surface area contributed by atoms with Crippen molar-refractivity contribution in [3.8, 4) is 11.5 Å². The van der Waals surface area contributed by atoms with Gasteiger partial charge in [-0.2, -0.15) is 12.7 Å². The van der Waals surface area contributed by atoms with E-state index in [1.54, 1.807) is 12.1 Å².